The average molecular weight is 570 g/mol. The van der Waals surface area contributed by atoms with E-state index >= 15 is 0 Å². The van der Waals surface area contributed by atoms with Gasteiger partial charge in [-0.2, -0.15) is 5.10 Å². The molecule has 0 radical (unpaired) electrons. The number of hydrogen-bond acceptors (Lipinski definition) is 8. The molecule has 2 atom stereocenters. The van der Waals surface area contributed by atoms with Gasteiger partial charge in [-0.3, -0.25) is 23.7 Å². The maximum Gasteiger partial charge on any atom is 0.251 e. The zero-order valence-corrected chi connectivity index (χ0v) is 23.5. The van der Waals surface area contributed by atoms with Gasteiger partial charge in [0.1, 0.15) is 11.4 Å². The number of nitrogens with zero attached hydrogens (tertiary/aromatic N) is 6. The predicted molar refractivity (Wildman–Crippen MR) is 144 cm³/mol. The molecular weight excluding hydrogens is 538 g/mol. The summed E-state index contributed by atoms with van der Waals surface area (Å²) in [4.78, 5) is 40.1. The third-order valence-corrected chi connectivity index (χ3v) is 7.53. The summed E-state index contributed by atoms with van der Waals surface area (Å²) in [5.41, 5.74) is 3.04. The quantitative estimate of drug-likeness (QED) is 0.473. The van der Waals surface area contributed by atoms with Gasteiger partial charge in [0, 0.05) is 50.3 Å². The summed E-state index contributed by atoms with van der Waals surface area (Å²) in [6.45, 7) is 7.26. The zero-order valence-electron chi connectivity index (χ0n) is 22.7. The number of Topliss-reactive ketones (excluding diaryl/α,β-unsaturated/α-hetero) is 1. The molecule has 0 aliphatic carbocycles. The van der Waals surface area contributed by atoms with Crippen molar-refractivity contribution in [3.05, 3.63) is 57.6 Å². The van der Waals surface area contributed by atoms with Crippen LogP contribution >= 0.6 is 11.6 Å². The Hall–Kier alpha value is -3.77. The van der Waals surface area contributed by atoms with Gasteiger partial charge in [0.25, 0.3) is 5.91 Å². The summed E-state index contributed by atoms with van der Waals surface area (Å²) in [5.74, 6) is -0.0337. The zero-order chi connectivity index (χ0) is 28.4. The van der Waals surface area contributed by atoms with Crippen molar-refractivity contribution in [2.24, 2.45) is 0 Å². The third kappa shape index (κ3) is 6.02. The predicted octanol–water partition coefficient (Wildman–Crippen LogP) is 2.35. The van der Waals surface area contributed by atoms with E-state index in [1.54, 1.807) is 39.4 Å². The van der Waals surface area contributed by atoms with Gasteiger partial charge in [0.2, 0.25) is 5.91 Å². The summed E-state index contributed by atoms with van der Waals surface area (Å²) in [6.07, 6.45) is 2.23. The van der Waals surface area contributed by atoms with Gasteiger partial charge >= 0.3 is 0 Å². The lowest BCUT2D eigenvalue weighted by Gasteiger charge is -2.20. The maximum atomic E-state index is 13.2. The Bertz CT molecular complexity index is 1430. The molecular formula is C27H32ClN7O5. The topological polar surface area (TPSA) is 133 Å². The second kappa shape index (κ2) is 11.8. The van der Waals surface area contributed by atoms with Crippen molar-refractivity contribution < 1.29 is 23.9 Å². The number of fused-ring (bicyclic) bond motifs is 5. The molecule has 1 aromatic carbocycles. The first-order chi connectivity index (χ1) is 19.2. The Morgan fingerprint density at radius 2 is 2.05 bits per heavy atom. The van der Waals surface area contributed by atoms with Crippen LogP contribution in [0, 0.1) is 13.8 Å². The number of hydrogen-bond donors (Lipinski definition) is 1. The lowest BCUT2D eigenvalue weighted by molar-refractivity contribution is -0.131. The highest BCUT2D eigenvalue weighted by molar-refractivity contribution is 6.32. The Kier molecular flexibility index (Phi) is 8.17. The molecule has 0 saturated carbocycles. The molecule has 4 heterocycles. The van der Waals surface area contributed by atoms with Crippen LogP contribution in [0.3, 0.4) is 0 Å². The van der Waals surface area contributed by atoms with Crippen LogP contribution in [0.2, 0.25) is 5.02 Å². The molecule has 3 aromatic rings. The average Bonchev–Trinajstić information content (AvgIpc) is 3.61. The van der Waals surface area contributed by atoms with Crippen LogP contribution in [-0.2, 0) is 29.2 Å². The Morgan fingerprint density at radius 3 is 2.83 bits per heavy atom. The summed E-state index contributed by atoms with van der Waals surface area (Å²) in [6, 6.07) is 4.44. The van der Waals surface area contributed by atoms with E-state index in [0.29, 0.717) is 65.9 Å². The van der Waals surface area contributed by atoms with Gasteiger partial charge in [-0.25, -0.2) is 0 Å². The highest BCUT2D eigenvalue weighted by atomic mass is 35.5. The molecule has 1 N–H and O–H groups in total. The fourth-order valence-corrected chi connectivity index (χ4v) is 5.36. The van der Waals surface area contributed by atoms with Crippen molar-refractivity contribution in [1.29, 1.82) is 0 Å². The van der Waals surface area contributed by atoms with E-state index in [1.807, 2.05) is 13.1 Å². The standard InChI is InChI=1S/C27H32ClN7O5/c1-16-26(18(3)36)17(2)35(31-16)9-7-25(37)33-13-22-24(14-33)40-15-20-12-34(32-30-20)8-4-10-39-23-11-19(27(38)29-22)5-6-21(23)28/h5-6,11-12,22,24H,4,7-10,13-15H2,1-3H3,(H,29,38)/t22-,24-/m0/s1. The number of aryl methyl sites for hydroxylation is 3. The first-order valence-electron chi connectivity index (χ1n) is 13.3. The van der Waals surface area contributed by atoms with Crippen LogP contribution in [0.25, 0.3) is 0 Å². The fourth-order valence-electron chi connectivity index (χ4n) is 5.19. The molecule has 2 aliphatic heterocycles. The number of halogens is 1. The van der Waals surface area contributed by atoms with Crippen LogP contribution < -0.4 is 10.1 Å². The van der Waals surface area contributed by atoms with Crippen LogP contribution in [0.4, 0.5) is 0 Å². The van der Waals surface area contributed by atoms with Crippen molar-refractivity contribution >= 4 is 29.2 Å². The van der Waals surface area contributed by atoms with E-state index in [4.69, 9.17) is 21.1 Å². The van der Waals surface area contributed by atoms with E-state index in [0.717, 1.165) is 5.69 Å². The van der Waals surface area contributed by atoms with Gasteiger partial charge in [0.15, 0.2) is 5.78 Å². The molecule has 1 saturated heterocycles. The number of ketones is 1. The number of nitrogens with one attached hydrogen (secondary N) is 1. The molecule has 13 heteroatoms. The van der Waals surface area contributed by atoms with Gasteiger partial charge in [-0.15, -0.1) is 5.10 Å². The SMILES string of the molecule is CC(=O)c1c(C)nn(CCC(=O)N2C[C@@H]3NC(=O)c4ccc(Cl)c(c4)OCCCn4cc(nn4)CO[C@H]3C2)c1C. The van der Waals surface area contributed by atoms with E-state index < -0.39 is 12.1 Å². The molecule has 2 amide bonds. The monoisotopic (exact) mass is 569 g/mol. The number of benzene rings is 1. The highest BCUT2D eigenvalue weighted by Crippen LogP contribution is 2.26. The molecule has 1 fully saturated rings. The summed E-state index contributed by atoms with van der Waals surface area (Å²) >= 11 is 6.29. The number of rotatable bonds is 4. The second-order valence-corrected chi connectivity index (χ2v) is 10.5. The van der Waals surface area contributed by atoms with Gasteiger partial charge in [-0.1, -0.05) is 16.8 Å². The molecule has 12 nitrogen and oxygen atoms in total. The molecule has 2 aliphatic rings. The molecule has 40 heavy (non-hydrogen) atoms. The molecule has 0 spiro atoms. The van der Waals surface area contributed by atoms with E-state index in [2.05, 4.69) is 20.7 Å². The number of ether oxygens (including phenoxy) is 2. The highest BCUT2D eigenvalue weighted by Gasteiger charge is 2.37. The van der Waals surface area contributed by atoms with E-state index in [-0.39, 0.29) is 37.2 Å². The summed E-state index contributed by atoms with van der Waals surface area (Å²) in [7, 11) is 0. The molecule has 2 aromatic heterocycles. The maximum absolute atomic E-state index is 13.2. The first-order valence-corrected chi connectivity index (χ1v) is 13.6. The number of carbonyl (C=O) groups excluding carboxylic acids is 3. The van der Waals surface area contributed by atoms with Crippen LogP contribution in [0.5, 0.6) is 5.75 Å². The minimum Gasteiger partial charge on any atom is -0.492 e. The minimum absolute atomic E-state index is 0.0493. The Morgan fingerprint density at radius 1 is 1.23 bits per heavy atom. The van der Waals surface area contributed by atoms with Crippen molar-refractivity contribution in [1.82, 2.24) is 35.0 Å². The Balaban J connectivity index is 1.32. The fraction of sp³-hybridized carbons (Fsp3) is 0.481. The van der Waals surface area contributed by atoms with Crippen LogP contribution in [0.1, 0.15) is 57.6 Å². The Labute approximate surface area is 236 Å². The number of aromatic nitrogens is 5. The van der Waals surface area contributed by atoms with Crippen LogP contribution in [-0.4, -0.2) is 79.1 Å². The second-order valence-electron chi connectivity index (χ2n) is 10.1. The van der Waals surface area contributed by atoms with Gasteiger partial charge in [0.05, 0.1) is 47.8 Å². The molecule has 5 rings (SSSR count). The molecule has 0 unspecified atom stereocenters. The summed E-state index contributed by atoms with van der Waals surface area (Å²) in [5, 5.41) is 16.2. The normalized spacial score (nSPS) is 19.6. The summed E-state index contributed by atoms with van der Waals surface area (Å²) < 4.78 is 15.4. The van der Waals surface area contributed by atoms with Crippen molar-refractivity contribution in [3.8, 4) is 5.75 Å². The third-order valence-electron chi connectivity index (χ3n) is 7.22. The smallest absolute Gasteiger partial charge is 0.251 e. The van der Waals surface area contributed by atoms with E-state index in [1.165, 1.54) is 6.92 Å². The van der Waals surface area contributed by atoms with Crippen molar-refractivity contribution in [3.63, 3.8) is 0 Å². The molecule has 4 bridgehead atoms. The minimum atomic E-state index is -0.452. The number of likely N-dealkylation sites (tertiary alicyclic amines) is 1. The molecule has 212 valence electrons. The van der Waals surface area contributed by atoms with Gasteiger partial charge < -0.3 is 19.7 Å². The lowest BCUT2D eigenvalue weighted by atomic mass is 10.1. The van der Waals surface area contributed by atoms with Gasteiger partial charge in [-0.05, 0) is 39.0 Å². The van der Waals surface area contributed by atoms with E-state index in [9.17, 15) is 14.4 Å². The lowest BCUT2D eigenvalue weighted by Crippen LogP contribution is -2.44. The largest absolute Gasteiger partial charge is 0.492 e. The number of carbonyl (C=O) groups is 3. The number of amides is 2. The van der Waals surface area contributed by atoms with Crippen molar-refractivity contribution in [2.75, 3.05) is 19.7 Å². The van der Waals surface area contributed by atoms with Crippen molar-refractivity contribution in [2.45, 2.75) is 65.5 Å². The van der Waals surface area contributed by atoms with Crippen LogP contribution in [0.15, 0.2) is 24.4 Å². The first kappa shape index (κ1) is 27.8.